The first-order chi connectivity index (χ1) is 17.9. The number of methoxy groups -OCH3 is 2. The SMILES string of the molecule is COc1cc2ncnc(Oc3ccc(CC(=O)C4(C(=O)Cc5ccc(F)cc5)CC4)cn3)c2nc1OC. The Morgan fingerprint density at radius 2 is 1.59 bits per heavy atom. The van der Waals surface area contributed by atoms with Crippen LogP contribution in [0.3, 0.4) is 0 Å². The molecule has 3 heterocycles. The monoisotopic (exact) mass is 502 g/mol. The zero-order valence-corrected chi connectivity index (χ0v) is 20.2. The Morgan fingerprint density at radius 1 is 0.892 bits per heavy atom. The number of pyridine rings is 2. The molecule has 1 aliphatic carbocycles. The van der Waals surface area contributed by atoms with Gasteiger partial charge in [-0.3, -0.25) is 9.59 Å². The summed E-state index contributed by atoms with van der Waals surface area (Å²) in [6.45, 7) is 0. The van der Waals surface area contributed by atoms with Crippen molar-refractivity contribution in [3.8, 4) is 23.4 Å². The van der Waals surface area contributed by atoms with Crippen molar-refractivity contribution in [3.05, 3.63) is 71.9 Å². The van der Waals surface area contributed by atoms with Gasteiger partial charge in [0, 0.05) is 31.2 Å². The van der Waals surface area contributed by atoms with Gasteiger partial charge in [-0.15, -0.1) is 0 Å². The highest BCUT2D eigenvalue weighted by molar-refractivity contribution is 6.10. The summed E-state index contributed by atoms with van der Waals surface area (Å²) in [7, 11) is 2.98. The summed E-state index contributed by atoms with van der Waals surface area (Å²) < 4.78 is 29.5. The second-order valence-electron chi connectivity index (χ2n) is 8.76. The van der Waals surface area contributed by atoms with Gasteiger partial charge in [0.15, 0.2) is 22.8 Å². The number of carbonyl (C=O) groups excluding carboxylic acids is 2. The highest BCUT2D eigenvalue weighted by atomic mass is 19.1. The van der Waals surface area contributed by atoms with Crippen LogP contribution in [0, 0.1) is 11.2 Å². The lowest BCUT2D eigenvalue weighted by molar-refractivity contribution is -0.133. The second kappa shape index (κ2) is 9.88. The van der Waals surface area contributed by atoms with Gasteiger partial charge < -0.3 is 14.2 Å². The normalized spacial score (nSPS) is 13.7. The minimum atomic E-state index is -0.963. The number of aromatic nitrogens is 4. The molecule has 5 rings (SSSR count). The van der Waals surface area contributed by atoms with Crippen molar-refractivity contribution in [2.45, 2.75) is 25.7 Å². The molecule has 0 spiro atoms. The van der Waals surface area contributed by atoms with E-state index in [1.165, 1.54) is 38.9 Å². The van der Waals surface area contributed by atoms with E-state index < -0.39 is 5.41 Å². The van der Waals surface area contributed by atoms with E-state index in [-0.39, 0.29) is 47.9 Å². The summed E-state index contributed by atoms with van der Waals surface area (Å²) in [5.74, 6) is 0.495. The Bertz CT molecular complexity index is 1470. The highest BCUT2D eigenvalue weighted by Crippen LogP contribution is 2.48. The van der Waals surface area contributed by atoms with Gasteiger partial charge in [-0.1, -0.05) is 18.2 Å². The molecule has 10 heteroatoms. The third-order valence-corrected chi connectivity index (χ3v) is 6.38. The van der Waals surface area contributed by atoms with E-state index in [9.17, 15) is 14.0 Å². The van der Waals surface area contributed by atoms with Gasteiger partial charge >= 0.3 is 0 Å². The van der Waals surface area contributed by atoms with Gasteiger partial charge in [0.05, 0.1) is 19.6 Å². The summed E-state index contributed by atoms with van der Waals surface area (Å²) >= 11 is 0. The molecule has 0 unspecified atom stereocenters. The van der Waals surface area contributed by atoms with Crippen LogP contribution in [0.4, 0.5) is 4.39 Å². The maximum absolute atomic E-state index is 13.1. The van der Waals surface area contributed by atoms with Crippen molar-refractivity contribution in [2.24, 2.45) is 5.41 Å². The molecule has 0 bridgehead atoms. The number of Topliss-reactive ketones (excluding diaryl/α,β-unsaturated/α-hetero) is 2. The van der Waals surface area contributed by atoms with Crippen LogP contribution < -0.4 is 14.2 Å². The molecule has 37 heavy (non-hydrogen) atoms. The van der Waals surface area contributed by atoms with E-state index in [1.54, 1.807) is 30.3 Å². The fourth-order valence-corrected chi connectivity index (χ4v) is 4.12. The molecule has 188 valence electrons. The number of ether oxygens (including phenoxy) is 3. The molecule has 0 radical (unpaired) electrons. The minimum absolute atomic E-state index is 0.0808. The summed E-state index contributed by atoms with van der Waals surface area (Å²) in [5, 5.41) is 0. The Hall–Kier alpha value is -4.47. The standard InChI is InChI=1S/C27H23FN4O5/c1-35-20-13-19-24(32-25(20)36-2)26(31-15-30-19)37-23-8-5-17(14-29-23)12-22(34)27(9-10-27)21(33)11-16-3-6-18(28)7-4-16/h3-8,13-15H,9-12H2,1-2H3. The third-order valence-electron chi connectivity index (χ3n) is 6.38. The van der Waals surface area contributed by atoms with Gasteiger partial charge in [0.1, 0.15) is 17.7 Å². The molecular weight excluding hydrogens is 479 g/mol. The Kier molecular flexibility index (Phi) is 6.47. The molecule has 0 aliphatic heterocycles. The summed E-state index contributed by atoms with van der Waals surface area (Å²) in [4.78, 5) is 42.9. The van der Waals surface area contributed by atoms with Crippen LogP contribution >= 0.6 is 0 Å². The number of hydrogen-bond donors (Lipinski definition) is 0. The fourth-order valence-electron chi connectivity index (χ4n) is 4.12. The van der Waals surface area contributed by atoms with Crippen molar-refractivity contribution in [2.75, 3.05) is 14.2 Å². The number of halogens is 1. The van der Waals surface area contributed by atoms with Gasteiger partial charge in [-0.25, -0.2) is 19.3 Å². The molecule has 0 atom stereocenters. The number of ketones is 2. The number of fused-ring (bicyclic) bond motifs is 1. The van der Waals surface area contributed by atoms with E-state index in [2.05, 4.69) is 19.9 Å². The molecule has 1 aromatic carbocycles. The molecule has 3 aromatic heterocycles. The van der Waals surface area contributed by atoms with Crippen molar-refractivity contribution in [1.29, 1.82) is 0 Å². The number of hydrogen-bond acceptors (Lipinski definition) is 9. The Labute approximate surface area is 211 Å². The average molecular weight is 503 g/mol. The number of nitrogens with zero attached hydrogens (tertiary/aromatic N) is 4. The zero-order chi connectivity index (χ0) is 26.0. The first-order valence-corrected chi connectivity index (χ1v) is 11.6. The number of rotatable bonds is 10. The van der Waals surface area contributed by atoms with Crippen LogP contribution in [0.2, 0.25) is 0 Å². The Balaban J connectivity index is 1.27. The van der Waals surface area contributed by atoms with E-state index in [4.69, 9.17) is 14.2 Å². The third kappa shape index (κ3) is 4.95. The van der Waals surface area contributed by atoms with E-state index >= 15 is 0 Å². The predicted octanol–water partition coefficient (Wildman–Crippen LogP) is 4.07. The summed E-state index contributed by atoms with van der Waals surface area (Å²) in [6.07, 6.45) is 4.13. The van der Waals surface area contributed by atoms with Crippen LogP contribution in [-0.2, 0) is 22.4 Å². The van der Waals surface area contributed by atoms with E-state index in [0.717, 1.165) is 0 Å². The lowest BCUT2D eigenvalue weighted by atomic mass is 9.88. The smallest absolute Gasteiger partial charge is 0.257 e. The van der Waals surface area contributed by atoms with Crippen LogP contribution in [0.5, 0.6) is 23.4 Å². The van der Waals surface area contributed by atoms with Gasteiger partial charge in [0.2, 0.25) is 5.88 Å². The fraction of sp³-hybridized carbons (Fsp3) is 0.259. The highest BCUT2D eigenvalue weighted by Gasteiger charge is 2.54. The quantitative estimate of drug-likeness (QED) is 0.296. The molecule has 1 saturated carbocycles. The van der Waals surface area contributed by atoms with E-state index in [1.807, 2.05) is 0 Å². The number of carbonyl (C=O) groups is 2. The zero-order valence-electron chi connectivity index (χ0n) is 20.2. The van der Waals surface area contributed by atoms with Crippen molar-refractivity contribution < 1.29 is 28.2 Å². The molecule has 0 amide bonds. The number of benzene rings is 1. The molecule has 0 saturated heterocycles. The molecule has 4 aromatic rings. The van der Waals surface area contributed by atoms with Crippen LogP contribution in [0.1, 0.15) is 24.0 Å². The molecule has 0 N–H and O–H groups in total. The Morgan fingerprint density at radius 3 is 2.22 bits per heavy atom. The second-order valence-corrected chi connectivity index (χ2v) is 8.76. The topological polar surface area (TPSA) is 113 Å². The lowest BCUT2D eigenvalue weighted by Gasteiger charge is -2.13. The van der Waals surface area contributed by atoms with Crippen LogP contribution in [-0.4, -0.2) is 45.7 Å². The minimum Gasteiger partial charge on any atom is -0.491 e. The first-order valence-electron chi connectivity index (χ1n) is 11.6. The summed E-state index contributed by atoms with van der Waals surface area (Å²) in [5.41, 5.74) is 1.27. The maximum atomic E-state index is 13.1. The van der Waals surface area contributed by atoms with Crippen molar-refractivity contribution >= 4 is 22.6 Å². The van der Waals surface area contributed by atoms with Crippen LogP contribution in [0.25, 0.3) is 11.0 Å². The summed E-state index contributed by atoms with van der Waals surface area (Å²) in [6, 6.07) is 10.8. The van der Waals surface area contributed by atoms with Gasteiger partial charge in [-0.05, 0) is 36.1 Å². The van der Waals surface area contributed by atoms with Crippen molar-refractivity contribution in [1.82, 2.24) is 19.9 Å². The van der Waals surface area contributed by atoms with Gasteiger partial charge in [0.25, 0.3) is 11.8 Å². The van der Waals surface area contributed by atoms with Crippen molar-refractivity contribution in [3.63, 3.8) is 0 Å². The molecule has 1 fully saturated rings. The first kappa shape index (κ1) is 24.2. The molecule has 9 nitrogen and oxygen atoms in total. The molecule has 1 aliphatic rings. The van der Waals surface area contributed by atoms with Gasteiger partial charge in [-0.2, -0.15) is 4.98 Å². The van der Waals surface area contributed by atoms with E-state index in [0.29, 0.717) is 40.8 Å². The predicted molar refractivity (Wildman–Crippen MR) is 130 cm³/mol. The average Bonchev–Trinajstić information content (AvgIpc) is 3.73. The lowest BCUT2D eigenvalue weighted by Crippen LogP contribution is -2.28. The molecular formula is C27H23FN4O5. The van der Waals surface area contributed by atoms with Crippen LogP contribution in [0.15, 0.2) is 55.0 Å². The largest absolute Gasteiger partial charge is 0.491 e. The maximum Gasteiger partial charge on any atom is 0.257 e.